The third-order valence-corrected chi connectivity index (χ3v) is 2.83. The summed E-state index contributed by atoms with van der Waals surface area (Å²) in [5.74, 6) is -0.209. The predicted molar refractivity (Wildman–Crippen MR) is 56.9 cm³/mol. The first-order valence-electron chi connectivity index (χ1n) is 5.00. The van der Waals surface area contributed by atoms with Gasteiger partial charge in [-0.3, -0.25) is 0 Å². The molecule has 0 aromatic heterocycles. The monoisotopic (exact) mass is 194 g/mol. The Balaban J connectivity index is 2.31. The van der Waals surface area contributed by atoms with Crippen LogP contribution in [0.5, 0.6) is 0 Å². The molecule has 3 heteroatoms. The highest BCUT2D eigenvalue weighted by Crippen LogP contribution is 2.28. The molecule has 2 N–H and O–H groups in total. The largest absolute Gasteiger partial charge is 0.399 e. The molecule has 0 amide bonds. The van der Waals surface area contributed by atoms with Gasteiger partial charge in [-0.1, -0.05) is 0 Å². The summed E-state index contributed by atoms with van der Waals surface area (Å²) in [7, 11) is 0. The van der Waals surface area contributed by atoms with Gasteiger partial charge >= 0.3 is 0 Å². The second-order valence-electron chi connectivity index (χ2n) is 3.90. The van der Waals surface area contributed by atoms with Gasteiger partial charge < -0.3 is 10.6 Å². The van der Waals surface area contributed by atoms with E-state index in [-0.39, 0.29) is 5.82 Å². The molecule has 14 heavy (non-hydrogen) atoms. The smallest absolute Gasteiger partial charge is 0.148 e. The van der Waals surface area contributed by atoms with Crippen molar-refractivity contribution in [2.45, 2.75) is 25.8 Å². The van der Waals surface area contributed by atoms with Crippen LogP contribution in [-0.4, -0.2) is 12.6 Å². The average molecular weight is 194 g/mol. The molecule has 1 aliphatic rings. The second-order valence-corrected chi connectivity index (χ2v) is 3.90. The van der Waals surface area contributed by atoms with Crippen molar-refractivity contribution in [1.29, 1.82) is 0 Å². The minimum absolute atomic E-state index is 0.209. The highest BCUT2D eigenvalue weighted by Gasteiger charge is 2.22. The van der Waals surface area contributed by atoms with E-state index in [2.05, 4.69) is 11.8 Å². The Morgan fingerprint density at radius 3 is 2.86 bits per heavy atom. The fourth-order valence-electron chi connectivity index (χ4n) is 2.05. The van der Waals surface area contributed by atoms with E-state index in [0.29, 0.717) is 17.4 Å². The molecule has 1 unspecified atom stereocenters. The number of hydrogen-bond acceptors (Lipinski definition) is 2. The first-order valence-corrected chi connectivity index (χ1v) is 5.00. The van der Waals surface area contributed by atoms with Crippen LogP contribution in [0.4, 0.5) is 15.8 Å². The number of rotatable bonds is 1. The molecule has 0 radical (unpaired) electrons. The summed E-state index contributed by atoms with van der Waals surface area (Å²) in [6.07, 6.45) is 2.29. The molecular formula is C11H15FN2. The van der Waals surface area contributed by atoms with Crippen molar-refractivity contribution in [3.63, 3.8) is 0 Å². The Hall–Kier alpha value is -1.25. The molecule has 0 aliphatic carbocycles. The lowest BCUT2D eigenvalue weighted by atomic mass is 10.2. The van der Waals surface area contributed by atoms with Crippen LogP contribution in [0.15, 0.2) is 18.2 Å². The molecule has 2 nitrogen and oxygen atoms in total. The molecule has 1 atom stereocenters. The number of nitrogens with two attached hydrogens (primary N) is 1. The average Bonchev–Trinajstić information content (AvgIpc) is 2.52. The molecular weight excluding hydrogens is 179 g/mol. The minimum Gasteiger partial charge on any atom is -0.399 e. The lowest BCUT2D eigenvalue weighted by Crippen LogP contribution is -2.27. The highest BCUT2D eigenvalue weighted by molar-refractivity contribution is 5.55. The van der Waals surface area contributed by atoms with E-state index in [1.807, 2.05) is 0 Å². The SMILES string of the molecule is CC1CCCN1c1ccc(N)cc1F. The van der Waals surface area contributed by atoms with E-state index in [1.54, 1.807) is 12.1 Å². The molecule has 1 aromatic carbocycles. The van der Waals surface area contributed by atoms with Gasteiger partial charge in [0, 0.05) is 18.3 Å². The van der Waals surface area contributed by atoms with Crippen LogP contribution >= 0.6 is 0 Å². The highest BCUT2D eigenvalue weighted by atomic mass is 19.1. The second kappa shape index (κ2) is 3.48. The first-order chi connectivity index (χ1) is 6.68. The Labute approximate surface area is 83.5 Å². The number of anilines is 2. The van der Waals surface area contributed by atoms with Gasteiger partial charge in [-0.15, -0.1) is 0 Å². The van der Waals surface area contributed by atoms with E-state index < -0.39 is 0 Å². The summed E-state index contributed by atoms with van der Waals surface area (Å²) in [6.45, 7) is 3.07. The molecule has 0 spiro atoms. The Morgan fingerprint density at radius 2 is 2.29 bits per heavy atom. The summed E-state index contributed by atoms with van der Waals surface area (Å²) in [6, 6.07) is 5.35. The van der Waals surface area contributed by atoms with Crippen LogP contribution in [0.1, 0.15) is 19.8 Å². The number of hydrogen-bond donors (Lipinski definition) is 1. The van der Waals surface area contributed by atoms with Gasteiger partial charge in [0.05, 0.1) is 5.69 Å². The summed E-state index contributed by atoms with van der Waals surface area (Å²) >= 11 is 0. The lowest BCUT2D eigenvalue weighted by molar-refractivity contribution is 0.614. The van der Waals surface area contributed by atoms with E-state index in [1.165, 1.54) is 6.07 Å². The van der Waals surface area contributed by atoms with Crippen molar-refractivity contribution in [2.75, 3.05) is 17.2 Å². The van der Waals surface area contributed by atoms with Crippen LogP contribution in [0.2, 0.25) is 0 Å². The fourth-order valence-corrected chi connectivity index (χ4v) is 2.05. The first kappa shape index (κ1) is 9.31. The van der Waals surface area contributed by atoms with E-state index >= 15 is 0 Å². The molecule has 1 aromatic rings. The number of nitrogen functional groups attached to an aromatic ring is 1. The van der Waals surface area contributed by atoms with Crippen molar-refractivity contribution >= 4 is 11.4 Å². The zero-order valence-electron chi connectivity index (χ0n) is 8.33. The Morgan fingerprint density at radius 1 is 1.50 bits per heavy atom. The van der Waals surface area contributed by atoms with Gasteiger partial charge in [-0.05, 0) is 38.0 Å². The normalized spacial score (nSPS) is 21.6. The predicted octanol–water partition coefficient (Wildman–Crippen LogP) is 2.40. The van der Waals surface area contributed by atoms with Crippen molar-refractivity contribution in [1.82, 2.24) is 0 Å². The third-order valence-electron chi connectivity index (χ3n) is 2.83. The maximum Gasteiger partial charge on any atom is 0.148 e. The Bertz CT molecular complexity index is 338. The van der Waals surface area contributed by atoms with Crippen LogP contribution < -0.4 is 10.6 Å². The third kappa shape index (κ3) is 1.54. The zero-order valence-corrected chi connectivity index (χ0v) is 8.33. The standard InChI is InChI=1S/C11H15FN2/c1-8-3-2-6-14(8)11-5-4-9(13)7-10(11)12/h4-5,7-8H,2-3,6,13H2,1H3. The van der Waals surface area contributed by atoms with Crippen LogP contribution in [0, 0.1) is 5.82 Å². The van der Waals surface area contributed by atoms with Crippen molar-refractivity contribution in [3.05, 3.63) is 24.0 Å². The quantitative estimate of drug-likeness (QED) is 0.695. The summed E-state index contributed by atoms with van der Waals surface area (Å²) in [5, 5.41) is 0. The summed E-state index contributed by atoms with van der Waals surface area (Å²) in [4.78, 5) is 2.11. The molecule has 1 fully saturated rings. The van der Waals surface area contributed by atoms with Crippen molar-refractivity contribution in [2.24, 2.45) is 0 Å². The molecule has 0 saturated carbocycles. The lowest BCUT2D eigenvalue weighted by Gasteiger charge is -2.24. The molecule has 1 aliphatic heterocycles. The maximum absolute atomic E-state index is 13.6. The maximum atomic E-state index is 13.6. The van der Waals surface area contributed by atoms with Gasteiger partial charge in [0.1, 0.15) is 5.82 Å². The molecule has 1 saturated heterocycles. The summed E-state index contributed by atoms with van der Waals surface area (Å²) in [5.41, 5.74) is 6.67. The van der Waals surface area contributed by atoms with Crippen LogP contribution in [0.25, 0.3) is 0 Å². The van der Waals surface area contributed by atoms with Gasteiger partial charge in [-0.25, -0.2) is 4.39 Å². The van der Waals surface area contributed by atoms with Crippen LogP contribution in [-0.2, 0) is 0 Å². The van der Waals surface area contributed by atoms with Gasteiger partial charge in [0.15, 0.2) is 0 Å². The molecule has 1 heterocycles. The molecule has 76 valence electrons. The fraction of sp³-hybridized carbons (Fsp3) is 0.455. The number of nitrogens with zero attached hydrogens (tertiary/aromatic N) is 1. The van der Waals surface area contributed by atoms with Crippen LogP contribution in [0.3, 0.4) is 0 Å². The number of halogens is 1. The zero-order chi connectivity index (χ0) is 10.1. The van der Waals surface area contributed by atoms with Gasteiger partial charge in [0.2, 0.25) is 0 Å². The Kier molecular flexibility index (Phi) is 2.32. The van der Waals surface area contributed by atoms with Gasteiger partial charge in [-0.2, -0.15) is 0 Å². The van der Waals surface area contributed by atoms with Gasteiger partial charge in [0.25, 0.3) is 0 Å². The van der Waals surface area contributed by atoms with E-state index in [9.17, 15) is 4.39 Å². The van der Waals surface area contributed by atoms with Crippen molar-refractivity contribution < 1.29 is 4.39 Å². The molecule has 2 rings (SSSR count). The number of benzene rings is 1. The summed E-state index contributed by atoms with van der Waals surface area (Å²) < 4.78 is 13.6. The van der Waals surface area contributed by atoms with Crippen molar-refractivity contribution in [3.8, 4) is 0 Å². The van der Waals surface area contributed by atoms with E-state index in [4.69, 9.17) is 5.73 Å². The minimum atomic E-state index is -0.209. The molecule has 0 bridgehead atoms. The van der Waals surface area contributed by atoms with E-state index in [0.717, 1.165) is 19.4 Å². The topological polar surface area (TPSA) is 29.3 Å².